The van der Waals surface area contributed by atoms with Gasteiger partial charge in [0.1, 0.15) is 23.8 Å². The molecule has 0 aliphatic carbocycles. The van der Waals surface area contributed by atoms with Crippen molar-refractivity contribution in [1.82, 2.24) is 9.91 Å². The molecule has 0 bridgehead atoms. The minimum absolute atomic E-state index is 0.0352. The Kier molecular flexibility index (Phi) is 6.42. The van der Waals surface area contributed by atoms with E-state index in [9.17, 15) is 9.59 Å². The van der Waals surface area contributed by atoms with E-state index in [1.807, 2.05) is 30.3 Å². The van der Waals surface area contributed by atoms with Crippen molar-refractivity contribution in [3.8, 4) is 5.75 Å². The number of likely N-dealkylation sites (tertiary alicyclic amines) is 1. The van der Waals surface area contributed by atoms with Crippen molar-refractivity contribution in [3.63, 3.8) is 0 Å². The number of carbonyl (C=O) groups excluding carboxylic acids is 2. The molecule has 0 saturated carbocycles. The lowest BCUT2D eigenvalue weighted by Gasteiger charge is -2.40. The fourth-order valence-electron chi connectivity index (χ4n) is 4.32. The van der Waals surface area contributed by atoms with Crippen LogP contribution in [0.5, 0.6) is 5.75 Å². The van der Waals surface area contributed by atoms with Crippen LogP contribution in [0.2, 0.25) is 10.0 Å². The van der Waals surface area contributed by atoms with Crippen LogP contribution in [0, 0.1) is 5.41 Å². The number of fused-ring (bicyclic) bond motifs is 1. The van der Waals surface area contributed by atoms with Crippen molar-refractivity contribution in [2.24, 2.45) is 16.3 Å². The summed E-state index contributed by atoms with van der Waals surface area (Å²) in [7, 11) is 1.66. The first-order valence-electron chi connectivity index (χ1n) is 10.3. The number of benzene rings is 2. The number of nitrogens with zero attached hydrogens (tertiary/aromatic N) is 3. The normalized spacial score (nSPS) is 21.2. The Morgan fingerprint density at radius 3 is 2.59 bits per heavy atom. The minimum Gasteiger partial charge on any atom is -0.491 e. The molecule has 2 N–H and O–H groups in total. The molecule has 9 heteroatoms. The molecule has 2 aliphatic rings. The molecule has 1 saturated heterocycles. The van der Waals surface area contributed by atoms with Gasteiger partial charge in [0.15, 0.2) is 0 Å². The highest BCUT2D eigenvalue weighted by molar-refractivity contribution is 6.34. The first-order valence-corrected chi connectivity index (χ1v) is 11.1. The number of rotatable bonds is 6. The number of nitrogens with two attached hydrogens (primary N) is 1. The minimum atomic E-state index is -0.894. The van der Waals surface area contributed by atoms with Crippen molar-refractivity contribution in [2.45, 2.75) is 18.9 Å². The van der Waals surface area contributed by atoms with Crippen LogP contribution in [0.15, 0.2) is 53.6 Å². The fraction of sp³-hybridized carbons (Fsp3) is 0.348. The zero-order valence-corrected chi connectivity index (χ0v) is 19.1. The predicted molar refractivity (Wildman–Crippen MR) is 124 cm³/mol. The quantitative estimate of drug-likeness (QED) is 0.696. The van der Waals surface area contributed by atoms with Crippen LogP contribution in [-0.4, -0.2) is 60.2 Å². The van der Waals surface area contributed by atoms with E-state index in [1.54, 1.807) is 30.1 Å². The largest absolute Gasteiger partial charge is 0.491 e. The van der Waals surface area contributed by atoms with Crippen LogP contribution in [0.4, 0.5) is 0 Å². The molecule has 168 valence electrons. The summed E-state index contributed by atoms with van der Waals surface area (Å²) in [5.74, 6) is 0.0613. The zero-order chi connectivity index (χ0) is 22.9. The summed E-state index contributed by atoms with van der Waals surface area (Å²) in [5, 5.41) is 6.72. The highest BCUT2D eigenvalue weighted by Crippen LogP contribution is 2.38. The summed E-state index contributed by atoms with van der Waals surface area (Å²) in [6.45, 7) is 0.651. The summed E-state index contributed by atoms with van der Waals surface area (Å²) in [5.41, 5.74) is 7.12. The van der Waals surface area contributed by atoms with Crippen LogP contribution in [0.1, 0.15) is 12.0 Å². The molecule has 0 spiro atoms. The van der Waals surface area contributed by atoms with Gasteiger partial charge in [0.2, 0.25) is 5.91 Å². The Balaban J connectivity index is 1.48. The van der Waals surface area contributed by atoms with Crippen LogP contribution >= 0.6 is 23.2 Å². The SMILES string of the molecule is CN1N=C2CCN(C(=O)C(N)COc3cc(Cl)cc(Cl)c3)C[C@@]2(Cc2ccccc2)C1=O. The Hall–Kier alpha value is -2.61. The van der Waals surface area contributed by atoms with Crippen molar-refractivity contribution >= 4 is 40.7 Å². The van der Waals surface area contributed by atoms with E-state index in [4.69, 9.17) is 33.7 Å². The van der Waals surface area contributed by atoms with E-state index in [1.165, 1.54) is 5.01 Å². The van der Waals surface area contributed by atoms with Crippen molar-refractivity contribution in [2.75, 3.05) is 26.7 Å². The van der Waals surface area contributed by atoms with E-state index >= 15 is 0 Å². The summed E-state index contributed by atoms with van der Waals surface area (Å²) in [4.78, 5) is 28.0. The zero-order valence-electron chi connectivity index (χ0n) is 17.6. The van der Waals surface area contributed by atoms with Gasteiger partial charge in [0.25, 0.3) is 5.91 Å². The van der Waals surface area contributed by atoms with Gasteiger partial charge in [-0.15, -0.1) is 0 Å². The van der Waals surface area contributed by atoms with Crippen LogP contribution in [0.3, 0.4) is 0 Å². The molecule has 1 fully saturated rings. The van der Waals surface area contributed by atoms with Gasteiger partial charge in [-0.3, -0.25) is 9.59 Å². The second kappa shape index (κ2) is 9.10. The lowest BCUT2D eigenvalue weighted by molar-refractivity contribution is -0.140. The van der Waals surface area contributed by atoms with Gasteiger partial charge in [-0.05, 0) is 30.2 Å². The average molecular weight is 475 g/mol. The highest BCUT2D eigenvalue weighted by atomic mass is 35.5. The van der Waals surface area contributed by atoms with Gasteiger partial charge in [0.05, 0.1) is 5.71 Å². The van der Waals surface area contributed by atoms with Gasteiger partial charge in [-0.2, -0.15) is 5.10 Å². The topological polar surface area (TPSA) is 88.2 Å². The van der Waals surface area contributed by atoms with Crippen molar-refractivity contribution in [3.05, 3.63) is 64.1 Å². The molecular weight excluding hydrogens is 451 g/mol. The number of amides is 2. The van der Waals surface area contributed by atoms with Crippen molar-refractivity contribution in [1.29, 1.82) is 0 Å². The highest BCUT2D eigenvalue weighted by Gasteiger charge is 2.53. The molecule has 2 amide bonds. The van der Waals surface area contributed by atoms with E-state index in [2.05, 4.69) is 5.10 Å². The maximum Gasteiger partial charge on any atom is 0.256 e. The second-order valence-corrected chi connectivity index (χ2v) is 9.03. The first-order chi connectivity index (χ1) is 15.3. The molecule has 0 radical (unpaired) electrons. The summed E-state index contributed by atoms with van der Waals surface area (Å²) >= 11 is 12.0. The Morgan fingerprint density at radius 1 is 1.22 bits per heavy atom. The van der Waals surface area contributed by atoms with Gasteiger partial charge < -0.3 is 15.4 Å². The van der Waals surface area contributed by atoms with Gasteiger partial charge in [-0.1, -0.05) is 53.5 Å². The van der Waals surface area contributed by atoms with Crippen LogP contribution in [-0.2, 0) is 16.0 Å². The lowest BCUT2D eigenvalue weighted by atomic mass is 9.73. The number of hydrogen-bond acceptors (Lipinski definition) is 5. The third kappa shape index (κ3) is 4.46. The third-order valence-electron chi connectivity index (χ3n) is 5.85. The second-order valence-electron chi connectivity index (χ2n) is 8.15. The number of ether oxygens (including phenoxy) is 1. The Morgan fingerprint density at radius 2 is 1.91 bits per heavy atom. The maximum absolute atomic E-state index is 13.2. The predicted octanol–water partition coefficient (Wildman–Crippen LogP) is 2.99. The first kappa shape index (κ1) is 22.6. The Labute approximate surface area is 196 Å². The monoisotopic (exact) mass is 474 g/mol. The van der Waals surface area contributed by atoms with E-state index in [-0.39, 0.29) is 25.0 Å². The number of hydrogen-bond donors (Lipinski definition) is 1. The molecule has 2 atom stereocenters. The number of halogens is 2. The molecular formula is C23H24Cl2N4O3. The molecule has 0 aromatic heterocycles. The average Bonchev–Trinajstić information content (AvgIpc) is 3.01. The van der Waals surface area contributed by atoms with E-state index in [0.717, 1.165) is 11.3 Å². The van der Waals surface area contributed by atoms with E-state index in [0.29, 0.717) is 35.2 Å². The molecule has 2 heterocycles. The lowest BCUT2D eigenvalue weighted by Crippen LogP contribution is -2.58. The van der Waals surface area contributed by atoms with Crippen molar-refractivity contribution < 1.29 is 14.3 Å². The Bertz CT molecular complexity index is 1040. The smallest absolute Gasteiger partial charge is 0.256 e. The summed E-state index contributed by atoms with van der Waals surface area (Å²) in [6.07, 6.45) is 0.999. The maximum atomic E-state index is 13.2. The van der Waals surface area contributed by atoms with Gasteiger partial charge >= 0.3 is 0 Å². The van der Waals surface area contributed by atoms with Gasteiger partial charge in [0, 0.05) is 36.6 Å². The molecule has 32 heavy (non-hydrogen) atoms. The molecule has 4 rings (SSSR count). The standard InChI is InChI=1S/C23H24Cl2N4O3/c1-28-22(31)23(12-15-5-3-2-4-6-15)14-29(8-7-20(23)27-28)21(30)19(26)13-32-18-10-16(24)9-17(25)11-18/h2-6,9-11,19H,7-8,12-14,26H2,1H3/t19?,23-/m1/s1. The van der Waals surface area contributed by atoms with Crippen LogP contribution in [0.25, 0.3) is 0 Å². The molecule has 7 nitrogen and oxygen atoms in total. The third-order valence-corrected chi connectivity index (χ3v) is 6.29. The van der Waals surface area contributed by atoms with E-state index < -0.39 is 11.5 Å². The summed E-state index contributed by atoms with van der Waals surface area (Å²) < 4.78 is 5.65. The number of hydrazone groups is 1. The molecule has 2 aromatic rings. The molecule has 2 aliphatic heterocycles. The summed E-state index contributed by atoms with van der Waals surface area (Å²) in [6, 6.07) is 13.7. The fourth-order valence-corrected chi connectivity index (χ4v) is 4.82. The molecule has 1 unspecified atom stereocenters. The van der Waals surface area contributed by atoms with Crippen LogP contribution < -0.4 is 10.5 Å². The molecule has 2 aromatic carbocycles. The number of carbonyl (C=O) groups is 2. The number of piperidine rings is 1. The van der Waals surface area contributed by atoms with Gasteiger partial charge in [-0.25, -0.2) is 5.01 Å².